The molecule has 0 spiro atoms. The highest BCUT2D eigenvalue weighted by Gasteiger charge is 2.02. The zero-order chi connectivity index (χ0) is 15.4. The van der Waals surface area contributed by atoms with E-state index in [1.165, 1.54) is 5.56 Å². The molecule has 0 aliphatic heterocycles. The van der Waals surface area contributed by atoms with Crippen molar-refractivity contribution in [3.8, 4) is 0 Å². The molecule has 22 heavy (non-hydrogen) atoms. The Balaban J connectivity index is 1.80. The second-order valence-corrected chi connectivity index (χ2v) is 5.27. The number of hydrogen-bond donors (Lipinski definition) is 1. The van der Waals surface area contributed by atoms with Crippen molar-refractivity contribution in [1.82, 2.24) is 9.97 Å². The van der Waals surface area contributed by atoms with Crippen LogP contribution in [0.1, 0.15) is 18.3 Å². The third-order valence-electron chi connectivity index (χ3n) is 3.40. The molecule has 0 aliphatic carbocycles. The molecule has 0 fully saturated rings. The number of fused-ring (bicyclic) bond motifs is 1. The van der Waals surface area contributed by atoms with Crippen molar-refractivity contribution in [2.75, 3.05) is 0 Å². The molecule has 0 radical (unpaired) electrons. The molecule has 1 aromatic heterocycles. The number of rotatable bonds is 4. The highest BCUT2D eigenvalue weighted by molar-refractivity contribution is 5.85. The van der Waals surface area contributed by atoms with Gasteiger partial charge >= 0.3 is 0 Å². The molecule has 2 N–H and O–H groups in total. The van der Waals surface area contributed by atoms with E-state index in [4.69, 9.17) is 5.73 Å². The molecule has 3 rings (SSSR count). The monoisotopic (exact) mass is 290 g/mol. The first-order chi connectivity index (χ1) is 10.7. The number of aryl methyl sites for hydroxylation is 2. The van der Waals surface area contributed by atoms with E-state index in [-0.39, 0.29) is 0 Å². The first-order valence-electron chi connectivity index (χ1n) is 7.31. The normalized spacial score (nSPS) is 11.8. The summed E-state index contributed by atoms with van der Waals surface area (Å²) in [5, 5.41) is 0.978. The van der Waals surface area contributed by atoms with Crippen LogP contribution >= 0.6 is 0 Å². The summed E-state index contributed by atoms with van der Waals surface area (Å²) in [6, 6.07) is 16.2. The van der Waals surface area contributed by atoms with Crippen LogP contribution in [0.2, 0.25) is 0 Å². The van der Waals surface area contributed by atoms with Crippen LogP contribution in [-0.4, -0.2) is 15.8 Å². The molecule has 0 saturated heterocycles. The fraction of sp³-hybridized carbons (Fsp3) is 0.167. The van der Waals surface area contributed by atoms with Crippen LogP contribution in [-0.2, 0) is 12.8 Å². The average Bonchev–Trinajstić information content (AvgIpc) is 2.53. The molecule has 110 valence electrons. The Morgan fingerprint density at radius 1 is 1.09 bits per heavy atom. The lowest BCUT2D eigenvalue weighted by Crippen LogP contribution is -2.03. The zero-order valence-electron chi connectivity index (χ0n) is 12.5. The number of aromatic nitrogens is 2. The first-order valence-corrected chi connectivity index (χ1v) is 7.31. The van der Waals surface area contributed by atoms with Gasteiger partial charge in [-0.25, -0.2) is 15.0 Å². The molecule has 0 bridgehead atoms. The van der Waals surface area contributed by atoms with Crippen molar-refractivity contribution in [1.29, 1.82) is 0 Å². The summed E-state index contributed by atoms with van der Waals surface area (Å²) in [4.78, 5) is 13.3. The van der Waals surface area contributed by atoms with Gasteiger partial charge in [-0.2, -0.15) is 0 Å². The molecule has 0 unspecified atom stereocenters. The van der Waals surface area contributed by atoms with Gasteiger partial charge in [-0.05, 0) is 37.1 Å². The molecule has 3 aromatic rings. The van der Waals surface area contributed by atoms with Gasteiger partial charge in [0, 0.05) is 18.0 Å². The molecule has 0 amide bonds. The minimum atomic E-state index is 0.541. The maximum Gasteiger partial charge on any atom is 0.129 e. The Labute approximate surface area is 129 Å². The Bertz CT molecular complexity index is 806. The molecule has 0 saturated carbocycles. The summed E-state index contributed by atoms with van der Waals surface area (Å²) in [6.07, 6.45) is 3.64. The average molecular weight is 290 g/mol. The molecule has 4 heteroatoms. The third kappa shape index (κ3) is 3.47. The topological polar surface area (TPSA) is 64.2 Å². The third-order valence-corrected chi connectivity index (χ3v) is 3.40. The summed E-state index contributed by atoms with van der Waals surface area (Å²) in [5.41, 5.74) is 8.67. The van der Waals surface area contributed by atoms with Gasteiger partial charge in [-0.3, -0.25) is 0 Å². The van der Waals surface area contributed by atoms with Crippen LogP contribution in [0, 0.1) is 0 Å². The van der Waals surface area contributed by atoms with Crippen LogP contribution in [0.4, 0.5) is 5.69 Å². The predicted octanol–water partition coefficient (Wildman–Crippen LogP) is 3.42. The fourth-order valence-electron chi connectivity index (χ4n) is 2.35. The number of benzene rings is 2. The van der Waals surface area contributed by atoms with Crippen molar-refractivity contribution in [3.05, 3.63) is 66.1 Å². The van der Waals surface area contributed by atoms with Crippen molar-refractivity contribution in [2.45, 2.75) is 19.8 Å². The maximum atomic E-state index is 5.61. The standard InChI is InChI=1S/C18H18N4/c1-13(19)21-16-8-9-17-15(11-16)12-20-18(22-17)10-7-14-5-3-2-4-6-14/h2-6,8-9,11-12H,7,10H2,1H3,(H2,19,21). The van der Waals surface area contributed by atoms with E-state index < -0.39 is 0 Å². The van der Waals surface area contributed by atoms with Gasteiger partial charge in [0.15, 0.2) is 0 Å². The van der Waals surface area contributed by atoms with E-state index in [1.807, 2.05) is 30.5 Å². The fourth-order valence-corrected chi connectivity index (χ4v) is 2.35. The maximum absolute atomic E-state index is 5.61. The lowest BCUT2D eigenvalue weighted by Gasteiger charge is -2.04. The van der Waals surface area contributed by atoms with Gasteiger partial charge in [-0.1, -0.05) is 30.3 Å². The lowest BCUT2D eigenvalue weighted by molar-refractivity contribution is 0.869. The Morgan fingerprint density at radius 3 is 2.68 bits per heavy atom. The second-order valence-electron chi connectivity index (χ2n) is 5.27. The molecule has 1 heterocycles. The first kappa shape index (κ1) is 14.2. The minimum Gasteiger partial charge on any atom is -0.387 e. The van der Waals surface area contributed by atoms with E-state index in [0.717, 1.165) is 35.3 Å². The van der Waals surface area contributed by atoms with Crippen molar-refractivity contribution in [2.24, 2.45) is 10.7 Å². The number of nitrogens with two attached hydrogens (primary N) is 1. The van der Waals surface area contributed by atoms with E-state index in [2.05, 4.69) is 39.2 Å². The molecular formula is C18H18N4. The lowest BCUT2D eigenvalue weighted by atomic mass is 10.1. The van der Waals surface area contributed by atoms with Crippen molar-refractivity contribution >= 4 is 22.4 Å². The van der Waals surface area contributed by atoms with Gasteiger partial charge in [0.1, 0.15) is 5.82 Å². The predicted molar refractivity (Wildman–Crippen MR) is 90.3 cm³/mol. The van der Waals surface area contributed by atoms with Crippen molar-refractivity contribution in [3.63, 3.8) is 0 Å². The zero-order valence-corrected chi connectivity index (χ0v) is 12.5. The van der Waals surface area contributed by atoms with Gasteiger partial charge in [0.05, 0.1) is 17.0 Å². The smallest absolute Gasteiger partial charge is 0.129 e. The SMILES string of the molecule is CC(N)=Nc1ccc2nc(CCc3ccccc3)ncc2c1. The van der Waals surface area contributed by atoms with Gasteiger partial charge in [0.25, 0.3) is 0 Å². The molecule has 2 aromatic carbocycles. The summed E-state index contributed by atoms with van der Waals surface area (Å²) in [6.45, 7) is 1.77. The number of hydrogen-bond acceptors (Lipinski definition) is 3. The largest absolute Gasteiger partial charge is 0.387 e. The molecule has 4 nitrogen and oxygen atoms in total. The second kappa shape index (κ2) is 6.35. The van der Waals surface area contributed by atoms with Crippen LogP contribution < -0.4 is 5.73 Å². The summed E-state index contributed by atoms with van der Waals surface area (Å²) in [7, 11) is 0. The Morgan fingerprint density at radius 2 is 1.91 bits per heavy atom. The van der Waals surface area contributed by atoms with Crippen LogP contribution in [0.3, 0.4) is 0 Å². The van der Waals surface area contributed by atoms with Crippen LogP contribution in [0.25, 0.3) is 10.9 Å². The van der Waals surface area contributed by atoms with Gasteiger partial charge < -0.3 is 5.73 Å². The molecule has 0 aliphatic rings. The summed E-state index contributed by atoms with van der Waals surface area (Å²) in [5.74, 6) is 1.40. The molecule has 0 atom stereocenters. The summed E-state index contributed by atoms with van der Waals surface area (Å²) < 4.78 is 0. The number of aliphatic imine (C=N–C) groups is 1. The van der Waals surface area contributed by atoms with Gasteiger partial charge in [0.2, 0.25) is 0 Å². The highest BCUT2D eigenvalue weighted by atomic mass is 14.9. The minimum absolute atomic E-state index is 0.541. The quantitative estimate of drug-likeness (QED) is 0.591. The van der Waals surface area contributed by atoms with Gasteiger partial charge in [-0.15, -0.1) is 0 Å². The highest BCUT2D eigenvalue weighted by Crippen LogP contribution is 2.19. The number of nitrogens with zero attached hydrogens (tertiary/aromatic N) is 3. The van der Waals surface area contributed by atoms with E-state index in [0.29, 0.717) is 5.84 Å². The van der Waals surface area contributed by atoms with E-state index >= 15 is 0 Å². The van der Waals surface area contributed by atoms with E-state index in [1.54, 1.807) is 6.92 Å². The molecular weight excluding hydrogens is 272 g/mol. The summed E-state index contributed by atoms with van der Waals surface area (Å²) >= 11 is 0. The Hall–Kier alpha value is -2.75. The Kier molecular flexibility index (Phi) is 4.10. The van der Waals surface area contributed by atoms with E-state index in [9.17, 15) is 0 Å². The van der Waals surface area contributed by atoms with Crippen molar-refractivity contribution < 1.29 is 0 Å². The van der Waals surface area contributed by atoms with Crippen LogP contribution in [0.5, 0.6) is 0 Å². The van der Waals surface area contributed by atoms with Crippen LogP contribution in [0.15, 0.2) is 59.7 Å². The number of amidine groups is 1.